The van der Waals surface area contributed by atoms with Gasteiger partial charge in [-0.25, -0.2) is 9.07 Å². The van der Waals surface area contributed by atoms with Crippen LogP contribution in [0.4, 0.5) is 4.39 Å². The zero-order valence-electron chi connectivity index (χ0n) is 16.0. The van der Waals surface area contributed by atoms with E-state index in [9.17, 15) is 4.39 Å². The summed E-state index contributed by atoms with van der Waals surface area (Å²) in [6.07, 6.45) is 0.344. The third-order valence-corrected chi connectivity index (χ3v) is 5.18. The molecule has 0 saturated carbocycles. The number of nitrogens with zero attached hydrogens (tertiary/aromatic N) is 4. The maximum Gasteiger partial charge on any atom is 0.204 e. The minimum absolute atomic E-state index is 0.172. The molecule has 0 spiro atoms. The lowest BCUT2D eigenvalue weighted by molar-refractivity contribution is -0.0777. The maximum absolute atomic E-state index is 13.4. The molecule has 2 heterocycles. The van der Waals surface area contributed by atoms with Gasteiger partial charge in [0.15, 0.2) is 5.82 Å². The number of hydrogen-bond donors (Lipinski definition) is 0. The van der Waals surface area contributed by atoms with Crippen LogP contribution < -0.4 is 0 Å². The van der Waals surface area contributed by atoms with Gasteiger partial charge in [-0.1, -0.05) is 30.3 Å². The summed E-state index contributed by atoms with van der Waals surface area (Å²) < 4.78 is 23.6. The van der Waals surface area contributed by atoms with Crippen LogP contribution in [0.5, 0.6) is 0 Å². The molecular formula is C21H23FN4OS. The highest BCUT2D eigenvalue weighted by Gasteiger charge is 2.24. The van der Waals surface area contributed by atoms with Crippen LogP contribution in [0, 0.1) is 10.6 Å². The second-order valence-electron chi connectivity index (χ2n) is 7.22. The SMILES string of the molecule is C[C@@H]1CN(Cn2nc(-c3ccccc3)n(-c3ccc(F)cc3)c2=S)C[C@@H](C)O1. The number of morpholine rings is 1. The van der Waals surface area contributed by atoms with E-state index in [1.807, 2.05) is 39.6 Å². The van der Waals surface area contributed by atoms with E-state index in [0.717, 1.165) is 30.2 Å². The summed E-state index contributed by atoms with van der Waals surface area (Å²) in [5.41, 5.74) is 1.75. The molecule has 3 aromatic rings. The minimum atomic E-state index is -0.278. The highest BCUT2D eigenvalue weighted by atomic mass is 32.1. The average molecular weight is 399 g/mol. The van der Waals surface area contributed by atoms with Crippen LogP contribution in [-0.4, -0.2) is 44.5 Å². The van der Waals surface area contributed by atoms with E-state index >= 15 is 0 Å². The van der Waals surface area contributed by atoms with E-state index < -0.39 is 0 Å². The Kier molecular flexibility index (Phi) is 5.39. The van der Waals surface area contributed by atoms with Crippen molar-refractivity contribution in [3.63, 3.8) is 0 Å². The first-order valence-electron chi connectivity index (χ1n) is 9.40. The summed E-state index contributed by atoms with van der Waals surface area (Å²) in [7, 11) is 0. The molecule has 0 N–H and O–H groups in total. The van der Waals surface area contributed by atoms with Crippen molar-refractivity contribution in [2.24, 2.45) is 0 Å². The van der Waals surface area contributed by atoms with Crippen LogP contribution in [-0.2, 0) is 11.4 Å². The van der Waals surface area contributed by atoms with E-state index in [0.29, 0.717) is 11.4 Å². The molecule has 2 aromatic carbocycles. The Balaban J connectivity index is 1.76. The van der Waals surface area contributed by atoms with Crippen LogP contribution in [0.1, 0.15) is 13.8 Å². The number of benzene rings is 2. The van der Waals surface area contributed by atoms with Gasteiger partial charge in [-0.3, -0.25) is 9.47 Å². The molecule has 1 aliphatic heterocycles. The molecule has 1 aromatic heterocycles. The zero-order valence-corrected chi connectivity index (χ0v) is 16.8. The normalized spacial score (nSPS) is 20.4. The first-order chi connectivity index (χ1) is 13.5. The number of hydrogen-bond acceptors (Lipinski definition) is 4. The highest BCUT2D eigenvalue weighted by Crippen LogP contribution is 2.23. The van der Waals surface area contributed by atoms with Gasteiger partial charge in [-0.2, -0.15) is 0 Å². The molecule has 4 rings (SSSR count). The lowest BCUT2D eigenvalue weighted by atomic mass is 10.2. The monoisotopic (exact) mass is 398 g/mol. The van der Waals surface area contributed by atoms with Crippen molar-refractivity contribution in [2.45, 2.75) is 32.7 Å². The summed E-state index contributed by atoms with van der Waals surface area (Å²) in [6.45, 7) is 6.40. The largest absolute Gasteiger partial charge is 0.373 e. The van der Waals surface area contributed by atoms with Gasteiger partial charge in [-0.05, 0) is 50.3 Å². The second-order valence-corrected chi connectivity index (χ2v) is 7.58. The number of aromatic nitrogens is 3. The summed E-state index contributed by atoms with van der Waals surface area (Å²) in [6, 6.07) is 16.2. The van der Waals surface area contributed by atoms with Crippen molar-refractivity contribution in [3.05, 3.63) is 65.2 Å². The van der Waals surface area contributed by atoms with Gasteiger partial charge < -0.3 is 4.74 Å². The van der Waals surface area contributed by atoms with E-state index in [1.165, 1.54) is 12.1 Å². The molecule has 0 bridgehead atoms. The Labute approximate surface area is 169 Å². The zero-order chi connectivity index (χ0) is 19.7. The molecule has 0 unspecified atom stereocenters. The van der Waals surface area contributed by atoms with E-state index in [1.54, 1.807) is 12.1 Å². The van der Waals surface area contributed by atoms with Crippen molar-refractivity contribution in [2.75, 3.05) is 13.1 Å². The lowest BCUT2D eigenvalue weighted by Gasteiger charge is -2.34. The molecular weight excluding hydrogens is 375 g/mol. The van der Waals surface area contributed by atoms with Crippen LogP contribution in [0.3, 0.4) is 0 Å². The smallest absolute Gasteiger partial charge is 0.204 e. The van der Waals surface area contributed by atoms with E-state index in [-0.39, 0.29) is 18.0 Å². The van der Waals surface area contributed by atoms with Crippen LogP contribution >= 0.6 is 12.2 Å². The number of ether oxygens (including phenoxy) is 1. The molecule has 1 fully saturated rings. The van der Waals surface area contributed by atoms with Crippen LogP contribution in [0.15, 0.2) is 54.6 Å². The highest BCUT2D eigenvalue weighted by molar-refractivity contribution is 7.71. The number of halogens is 1. The standard InChI is InChI=1S/C21H23FN4OS/c1-15-12-24(13-16(2)27-15)14-25-21(28)26(19-10-8-18(22)9-11-19)20(23-25)17-6-4-3-5-7-17/h3-11,15-16H,12-14H2,1-2H3/t15-,16-/m1/s1. The minimum Gasteiger partial charge on any atom is -0.373 e. The van der Waals surface area contributed by atoms with Gasteiger partial charge >= 0.3 is 0 Å². The quantitative estimate of drug-likeness (QED) is 0.615. The molecule has 1 aliphatic rings. The summed E-state index contributed by atoms with van der Waals surface area (Å²) in [5, 5.41) is 4.82. The van der Waals surface area contributed by atoms with Gasteiger partial charge in [0.05, 0.1) is 24.6 Å². The molecule has 7 heteroatoms. The predicted octanol–water partition coefficient (Wildman–Crippen LogP) is 4.28. The number of rotatable bonds is 4. The fourth-order valence-corrected chi connectivity index (χ4v) is 3.98. The Hall–Kier alpha value is -2.35. The van der Waals surface area contributed by atoms with Gasteiger partial charge in [0.1, 0.15) is 5.82 Å². The van der Waals surface area contributed by atoms with E-state index in [4.69, 9.17) is 22.1 Å². The van der Waals surface area contributed by atoms with Crippen molar-refractivity contribution in [3.8, 4) is 17.1 Å². The molecule has 5 nitrogen and oxygen atoms in total. The first kappa shape index (κ1) is 19.0. The predicted molar refractivity (Wildman–Crippen MR) is 109 cm³/mol. The van der Waals surface area contributed by atoms with Crippen molar-refractivity contribution >= 4 is 12.2 Å². The molecule has 0 amide bonds. The molecule has 0 aliphatic carbocycles. The molecule has 146 valence electrons. The maximum atomic E-state index is 13.4. The Bertz CT molecular complexity index is 989. The third-order valence-electron chi connectivity index (χ3n) is 4.79. The van der Waals surface area contributed by atoms with E-state index in [2.05, 4.69) is 18.7 Å². The average Bonchev–Trinajstić information content (AvgIpc) is 2.99. The van der Waals surface area contributed by atoms with Crippen molar-refractivity contribution < 1.29 is 9.13 Å². The van der Waals surface area contributed by atoms with Gasteiger partial charge in [0.25, 0.3) is 0 Å². The second kappa shape index (κ2) is 7.95. The summed E-state index contributed by atoms with van der Waals surface area (Å²) in [5.74, 6) is 0.465. The summed E-state index contributed by atoms with van der Waals surface area (Å²) in [4.78, 5) is 2.30. The first-order valence-corrected chi connectivity index (χ1v) is 9.81. The molecule has 0 radical (unpaired) electrons. The van der Waals surface area contributed by atoms with Gasteiger partial charge in [0.2, 0.25) is 4.77 Å². The Morgan fingerprint density at radius 2 is 1.68 bits per heavy atom. The van der Waals surface area contributed by atoms with Crippen LogP contribution in [0.25, 0.3) is 17.1 Å². The Morgan fingerprint density at radius 3 is 2.32 bits per heavy atom. The summed E-state index contributed by atoms with van der Waals surface area (Å²) >= 11 is 5.77. The molecule has 28 heavy (non-hydrogen) atoms. The fraction of sp³-hybridized carbons (Fsp3) is 0.333. The Morgan fingerprint density at radius 1 is 1.04 bits per heavy atom. The van der Waals surface area contributed by atoms with Crippen molar-refractivity contribution in [1.29, 1.82) is 0 Å². The third kappa shape index (κ3) is 3.92. The fourth-order valence-electron chi connectivity index (χ4n) is 3.69. The topological polar surface area (TPSA) is 35.2 Å². The lowest BCUT2D eigenvalue weighted by Crippen LogP contribution is -2.46. The van der Waals surface area contributed by atoms with Gasteiger partial charge in [-0.15, -0.1) is 5.10 Å². The van der Waals surface area contributed by atoms with Gasteiger partial charge in [0, 0.05) is 18.7 Å². The molecule has 1 saturated heterocycles. The van der Waals surface area contributed by atoms with Crippen molar-refractivity contribution in [1.82, 2.24) is 19.2 Å². The van der Waals surface area contributed by atoms with Crippen LogP contribution in [0.2, 0.25) is 0 Å². The molecule has 2 atom stereocenters.